The fourth-order valence-corrected chi connectivity index (χ4v) is 3.37. The van der Waals surface area contributed by atoms with E-state index in [0.29, 0.717) is 8.80 Å². The summed E-state index contributed by atoms with van der Waals surface area (Å²) in [5.74, 6) is 0. The largest absolute Gasteiger partial charge is 0.0715 e. The van der Waals surface area contributed by atoms with E-state index < -0.39 is 0 Å². The normalized spacial score (nSPS) is 25.8. The lowest BCUT2D eigenvalue weighted by Gasteiger charge is -2.15. The third kappa shape index (κ3) is 0.634. The van der Waals surface area contributed by atoms with Crippen molar-refractivity contribution in [2.45, 2.75) is 17.9 Å². The van der Waals surface area contributed by atoms with Crippen molar-refractivity contribution in [3.8, 4) is 0 Å². The summed E-state index contributed by atoms with van der Waals surface area (Å²) in [6.07, 6.45) is 0. The molecule has 1 saturated heterocycles. The van der Waals surface area contributed by atoms with Crippen LogP contribution in [0.15, 0.2) is 0 Å². The summed E-state index contributed by atoms with van der Waals surface area (Å²) in [5, 5.41) is 0. The maximum atomic E-state index is 2.42. The van der Waals surface area contributed by atoms with Gasteiger partial charge in [0.2, 0.25) is 0 Å². The first-order valence-electron chi connectivity index (χ1n) is 1.91. The Morgan fingerprint density at radius 3 is 2.00 bits per heavy atom. The van der Waals surface area contributed by atoms with Crippen molar-refractivity contribution >= 4 is 18.3 Å². The van der Waals surface area contributed by atoms with Crippen LogP contribution >= 0.6 is 0 Å². The van der Waals surface area contributed by atoms with Crippen molar-refractivity contribution in [2.24, 2.45) is 0 Å². The molecule has 0 amide bonds. The molecular weight excluding hydrogens is 92.2 g/mol. The summed E-state index contributed by atoms with van der Waals surface area (Å²) in [6, 6.07) is 0. The molecule has 0 unspecified atom stereocenters. The van der Waals surface area contributed by atoms with E-state index in [-0.39, 0.29) is 0 Å². The quantitative estimate of drug-likeness (QED) is 0.393. The van der Waals surface area contributed by atoms with E-state index in [2.05, 4.69) is 6.55 Å². The molecule has 1 heterocycles. The summed E-state index contributed by atoms with van der Waals surface area (Å²) in [6.45, 7) is 2.42. The van der Waals surface area contributed by atoms with Crippen LogP contribution in [-0.4, -0.2) is 18.3 Å². The minimum absolute atomic E-state index is 0.319. The van der Waals surface area contributed by atoms with Crippen molar-refractivity contribution in [1.29, 1.82) is 0 Å². The minimum atomic E-state index is 0.319. The summed E-state index contributed by atoms with van der Waals surface area (Å²) < 4.78 is 0. The summed E-state index contributed by atoms with van der Waals surface area (Å²) in [7, 11) is 1.67. The topological polar surface area (TPSA) is 0 Å². The molecule has 0 aromatic carbocycles. The van der Waals surface area contributed by atoms with E-state index in [9.17, 15) is 0 Å². The van der Waals surface area contributed by atoms with Crippen molar-refractivity contribution in [2.75, 3.05) is 0 Å². The van der Waals surface area contributed by atoms with Gasteiger partial charge in [-0.15, -0.1) is 0 Å². The Morgan fingerprint density at radius 2 is 2.00 bits per heavy atom. The highest BCUT2D eigenvalue weighted by Gasteiger charge is 2.12. The van der Waals surface area contributed by atoms with Crippen LogP contribution in [0.5, 0.6) is 0 Å². The lowest BCUT2D eigenvalue weighted by molar-refractivity contribution is 1.60. The van der Waals surface area contributed by atoms with Crippen LogP contribution in [0.3, 0.4) is 0 Å². The first-order chi connectivity index (χ1) is 2.39. The van der Waals surface area contributed by atoms with Crippen molar-refractivity contribution < 1.29 is 0 Å². The third-order valence-corrected chi connectivity index (χ3v) is 7.68. The molecule has 1 fully saturated rings. The van der Waals surface area contributed by atoms with Gasteiger partial charge in [-0.2, -0.15) is 0 Å². The van der Waals surface area contributed by atoms with E-state index in [0.717, 1.165) is 0 Å². The Kier molecular flexibility index (Phi) is 0.914. The lowest BCUT2D eigenvalue weighted by Crippen LogP contribution is -2.24. The number of hydrogen-bond donors (Lipinski definition) is 0. The van der Waals surface area contributed by atoms with Crippen molar-refractivity contribution in [3.05, 3.63) is 0 Å². The van der Waals surface area contributed by atoms with Crippen LogP contribution in [0.4, 0.5) is 0 Å². The molecule has 0 N–H and O–H groups in total. The average molecular weight is 99.3 g/mol. The van der Waals surface area contributed by atoms with Crippen LogP contribution in [0.2, 0.25) is 17.9 Å². The molecule has 0 aromatic rings. The molecule has 27 valence electrons. The average Bonchev–Trinajstić information content (AvgIpc) is 1.30. The maximum absolute atomic E-state index is 2.42. The molecule has 2 heteroatoms. The van der Waals surface area contributed by atoms with Gasteiger partial charge in [0.15, 0.2) is 0 Å². The van der Waals surface area contributed by atoms with Gasteiger partial charge < -0.3 is 0 Å². The van der Waals surface area contributed by atoms with Crippen LogP contribution in [0.1, 0.15) is 0 Å². The fourth-order valence-electron chi connectivity index (χ4n) is 0.375. The summed E-state index contributed by atoms with van der Waals surface area (Å²) in [4.78, 5) is 0. The lowest BCUT2D eigenvalue weighted by atomic mass is 11.7. The highest BCUT2D eigenvalue weighted by atomic mass is 28.4. The van der Waals surface area contributed by atoms with Crippen LogP contribution in [0.25, 0.3) is 0 Å². The zero-order valence-corrected chi connectivity index (χ0v) is 5.41. The fraction of sp³-hybridized carbons (Fsp3) is 1.00. The minimum Gasteiger partial charge on any atom is -0.0715 e. The Balaban J connectivity index is 2.08. The predicted molar refractivity (Wildman–Crippen MR) is 27.0 cm³/mol. The molecule has 0 aromatic heterocycles. The number of hydrogen-bond acceptors (Lipinski definition) is 0. The van der Waals surface area contributed by atoms with Crippen molar-refractivity contribution in [1.82, 2.24) is 0 Å². The van der Waals surface area contributed by atoms with Gasteiger partial charge in [-0.25, -0.2) is 0 Å². The van der Waals surface area contributed by atoms with E-state index in [4.69, 9.17) is 0 Å². The summed E-state index contributed by atoms with van der Waals surface area (Å²) >= 11 is 0. The molecule has 5 heavy (non-hydrogen) atoms. The van der Waals surface area contributed by atoms with Crippen LogP contribution in [-0.2, 0) is 0 Å². The van der Waals surface area contributed by atoms with Gasteiger partial charge in [0.1, 0.15) is 0 Å². The molecule has 0 spiro atoms. The molecule has 0 atom stereocenters. The van der Waals surface area contributed by atoms with E-state index in [1.807, 2.05) is 0 Å². The first kappa shape index (κ1) is 3.62. The number of rotatable bonds is 0. The van der Waals surface area contributed by atoms with Gasteiger partial charge in [0, 0.05) is 18.3 Å². The summed E-state index contributed by atoms with van der Waals surface area (Å²) in [5.41, 5.74) is 3.23. The molecule has 3 radical (unpaired) electrons. The van der Waals surface area contributed by atoms with E-state index >= 15 is 0 Å². The zero-order chi connectivity index (χ0) is 3.70. The van der Waals surface area contributed by atoms with E-state index in [1.54, 1.807) is 11.3 Å². The molecule has 0 nitrogen and oxygen atoms in total. The van der Waals surface area contributed by atoms with Gasteiger partial charge >= 0.3 is 0 Å². The van der Waals surface area contributed by atoms with Crippen LogP contribution < -0.4 is 0 Å². The van der Waals surface area contributed by atoms with E-state index in [1.165, 1.54) is 9.52 Å². The highest BCUT2D eigenvalue weighted by Crippen LogP contribution is 2.08. The molecule has 1 aliphatic heterocycles. The maximum Gasteiger partial charge on any atom is 0.0380 e. The third-order valence-electron chi connectivity index (χ3n) is 0.854. The predicted octanol–water partition coefficient (Wildman–Crippen LogP) is 0.744. The van der Waals surface area contributed by atoms with Gasteiger partial charge in [-0.3, -0.25) is 0 Å². The molecule has 0 bridgehead atoms. The zero-order valence-electron chi connectivity index (χ0n) is 3.41. The second kappa shape index (κ2) is 1.26. The Labute approximate surface area is 37.0 Å². The van der Waals surface area contributed by atoms with Gasteiger partial charge in [-0.05, 0) is 0 Å². The first-order valence-corrected chi connectivity index (χ1v) is 5.74. The standard InChI is InChI=1S/C3H7Si2/c1-5-2-4-3-5/h2-3H2,1H3. The molecule has 0 aliphatic carbocycles. The Bertz CT molecular complexity index is 31.9. The molecule has 1 aliphatic rings. The second-order valence-corrected chi connectivity index (χ2v) is 6.80. The molecule has 1 rings (SSSR count). The monoisotopic (exact) mass is 99.0 g/mol. The molecule has 0 saturated carbocycles. The molecular formula is C3H7Si2. The van der Waals surface area contributed by atoms with Crippen molar-refractivity contribution in [3.63, 3.8) is 0 Å². The smallest absolute Gasteiger partial charge is 0.0380 e. The van der Waals surface area contributed by atoms with Gasteiger partial charge in [0.05, 0.1) is 0 Å². The van der Waals surface area contributed by atoms with Gasteiger partial charge in [-0.1, -0.05) is 17.9 Å². The second-order valence-electron chi connectivity index (χ2n) is 1.56. The van der Waals surface area contributed by atoms with Crippen LogP contribution in [0, 0.1) is 0 Å². The SMILES string of the molecule is C[Si]1C[Si]C1. The van der Waals surface area contributed by atoms with Gasteiger partial charge in [0.25, 0.3) is 0 Å². The Morgan fingerprint density at radius 1 is 1.60 bits per heavy atom. The Hall–Kier alpha value is 0.434. The highest BCUT2D eigenvalue weighted by molar-refractivity contribution is 6.85.